The molecule has 1 aromatic heterocycles. The second kappa shape index (κ2) is 4.28. The van der Waals surface area contributed by atoms with Gasteiger partial charge >= 0.3 is 5.97 Å². The molecule has 0 saturated carbocycles. The van der Waals surface area contributed by atoms with Crippen LogP contribution >= 0.6 is 11.3 Å². The van der Waals surface area contributed by atoms with Crippen LogP contribution in [0.5, 0.6) is 0 Å². The van der Waals surface area contributed by atoms with E-state index in [9.17, 15) is 4.79 Å². The fourth-order valence-electron chi connectivity index (χ4n) is 1.28. The van der Waals surface area contributed by atoms with Gasteiger partial charge in [-0.3, -0.25) is 0 Å². The summed E-state index contributed by atoms with van der Waals surface area (Å²) in [6.07, 6.45) is 0. The highest BCUT2D eigenvalue weighted by molar-refractivity contribution is 7.13. The summed E-state index contributed by atoms with van der Waals surface area (Å²) in [6.45, 7) is 1.76. The number of carbonyl (C=O) groups is 1. The van der Waals surface area contributed by atoms with E-state index in [0.717, 1.165) is 5.56 Å². The molecule has 0 bridgehead atoms. The lowest BCUT2D eigenvalue weighted by Crippen LogP contribution is -2.01. The summed E-state index contributed by atoms with van der Waals surface area (Å²) < 4.78 is 0. The van der Waals surface area contributed by atoms with Crippen molar-refractivity contribution in [2.75, 3.05) is 5.32 Å². The SMILES string of the molecule is Cc1ccc(Nc2nncs2)cc1C(=O)O. The molecule has 0 radical (unpaired) electrons. The van der Waals surface area contributed by atoms with Crippen LogP contribution in [0.2, 0.25) is 0 Å². The van der Waals surface area contributed by atoms with E-state index < -0.39 is 5.97 Å². The molecule has 82 valence electrons. The molecule has 1 aromatic carbocycles. The maximum absolute atomic E-state index is 10.9. The standard InChI is InChI=1S/C10H9N3O2S/c1-6-2-3-7(4-8(6)9(14)15)12-10-13-11-5-16-10/h2-5H,1H3,(H,12,13)(H,14,15). The van der Waals surface area contributed by atoms with Crippen LogP contribution in [-0.4, -0.2) is 21.3 Å². The van der Waals surface area contributed by atoms with Gasteiger partial charge in [-0.1, -0.05) is 17.4 Å². The van der Waals surface area contributed by atoms with Crippen LogP contribution in [-0.2, 0) is 0 Å². The average Bonchev–Trinajstić information content (AvgIpc) is 2.73. The third kappa shape index (κ3) is 2.17. The van der Waals surface area contributed by atoms with Crippen LogP contribution in [0.3, 0.4) is 0 Å². The summed E-state index contributed by atoms with van der Waals surface area (Å²) in [6, 6.07) is 5.15. The molecular weight excluding hydrogens is 226 g/mol. The maximum atomic E-state index is 10.9. The van der Waals surface area contributed by atoms with Crippen LogP contribution in [0.1, 0.15) is 15.9 Å². The Morgan fingerprint density at radius 3 is 2.94 bits per heavy atom. The predicted octanol–water partition coefficient (Wildman–Crippen LogP) is 2.29. The van der Waals surface area contributed by atoms with Gasteiger partial charge < -0.3 is 10.4 Å². The highest BCUT2D eigenvalue weighted by Gasteiger charge is 2.08. The molecule has 0 saturated heterocycles. The molecule has 1 heterocycles. The number of nitrogens with one attached hydrogen (secondary N) is 1. The van der Waals surface area contributed by atoms with E-state index in [2.05, 4.69) is 15.5 Å². The normalized spacial score (nSPS) is 10.1. The molecule has 0 aliphatic heterocycles. The van der Waals surface area contributed by atoms with Crippen LogP contribution in [0.4, 0.5) is 10.8 Å². The number of carboxylic acid groups (broad SMARTS) is 1. The number of hydrogen-bond acceptors (Lipinski definition) is 5. The largest absolute Gasteiger partial charge is 0.478 e. The topological polar surface area (TPSA) is 75.1 Å². The molecule has 2 rings (SSSR count). The Bertz CT molecular complexity index is 511. The van der Waals surface area contributed by atoms with Gasteiger partial charge in [-0.05, 0) is 24.6 Å². The number of benzene rings is 1. The van der Waals surface area contributed by atoms with Crippen LogP contribution < -0.4 is 5.32 Å². The van der Waals surface area contributed by atoms with E-state index >= 15 is 0 Å². The average molecular weight is 235 g/mol. The second-order valence-electron chi connectivity index (χ2n) is 3.20. The summed E-state index contributed by atoms with van der Waals surface area (Å²) in [5.74, 6) is -0.932. The molecule has 0 unspecified atom stereocenters. The van der Waals surface area contributed by atoms with Crippen molar-refractivity contribution in [2.24, 2.45) is 0 Å². The van der Waals surface area contributed by atoms with Crippen molar-refractivity contribution < 1.29 is 9.90 Å². The first-order valence-corrected chi connectivity index (χ1v) is 5.42. The van der Waals surface area contributed by atoms with Gasteiger partial charge in [0.15, 0.2) is 0 Å². The monoisotopic (exact) mass is 235 g/mol. The van der Waals surface area contributed by atoms with E-state index in [0.29, 0.717) is 10.8 Å². The summed E-state index contributed by atoms with van der Waals surface area (Å²) >= 11 is 1.36. The number of carboxylic acids is 1. The van der Waals surface area contributed by atoms with Crippen molar-refractivity contribution in [3.8, 4) is 0 Å². The van der Waals surface area contributed by atoms with Crippen molar-refractivity contribution >= 4 is 28.1 Å². The first-order chi connectivity index (χ1) is 7.66. The van der Waals surface area contributed by atoms with Gasteiger partial charge in [-0.25, -0.2) is 4.79 Å². The number of aromatic nitrogens is 2. The quantitative estimate of drug-likeness (QED) is 0.853. The van der Waals surface area contributed by atoms with Gasteiger partial charge in [0.2, 0.25) is 5.13 Å². The Labute approximate surface area is 95.8 Å². The third-order valence-electron chi connectivity index (χ3n) is 2.08. The van der Waals surface area contributed by atoms with Gasteiger partial charge in [0.1, 0.15) is 5.51 Å². The minimum absolute atomic E-state index is 0.287. The second-order valence-corrected chi connectivity index (χ2v) is 4.04. The zero-order valence-electron chi connectivity index (χ0n) is 8.47. The van der Waals surface area contributed by atoms with Gasteiger partial charge in [0, 0.05) is 5.69 Å². The number of aryl methyl sites for hydroxylation is 1. The van der Waals surface area contributed by atoms with Gasteiger partial charge in [-0.2, -0.15) is 0 Å². The molecule has 0 spiro atoms. The van der Waals surface area contributed by atoms with E-state index in [1.54, 1.807) is 24.6 Å². The van der Waals surface area contributed by atoms with Crippen LogP contribution in [0.15, 0.2) is 23.7 Å². The van der Waals surface area contributed by atoms with Crippen molar-refractivity contribution in [3.63, 3.8) is 0 Å². The van der Waals surface area contributed by atoms with E-state index in [4.69, 9.17) is 5.11 Å². The molecular formula is C10H9N3O2S. The smallest absolute Gasteiger partial charge is 0.336 e. The van der Waals surface area contributed by atoms with Crippen molar-refractivity contribution in [2.45, 2.75) is 6.92 Å². The number of rotatable bonds is 3. The first kappa shape index (κ1) is 10.6. The van der Waals surface area contributed by atoms with Crippen LogP contribution in [0, 0.1) is 6.92 Å². The van der Waals surface area contributed by atoms with Crippen molar-refractivity contribution in [1.29, 1.82) is 0 Å². The van der Waals surface area contributed by atoms with E-state index in [1.165, 1.54) is 11.3 Å². The summed E-state index contributed by atoms with van der Waals surface area (Å²) in [5, 5.41) is 20.1. The van der Waals surface area contributed by atoms with E-state index in [1.807, 2.05) is 6.07 Å². The first-order valence-electron chi connectivity index (χ1n) is 4.54. The molecule has 2 N–H and O–H groups in total. The molecule has 0 aliphatic rings. The summed E-state index contributed by atoms with van der Waals surface area (Å²) in [7, 11) is 0. The van der Waals surface area contributed by atoms with Gasteiger partial charge in [0.05, 0.1) is 5.56 Å². The molecule has 0 aliphatic carbocycles. The molecule has 16 heavy (non-hydrogen) atoms. The Morgan fingerprint density at radius 1 is 1.50 bits per heavy atom. The van der Waals surface area contributed by atoms with Gasteiger partial charge in [0.25, 0.3) is 0 Å². The number of hydrogen-bond donors (Lipinski definition) is 2. The van der Waals surface area contributed by atoms with Crippen molar-refractivity contribution in [1.82, 2.24) is 10.2 Å². The summed E-state index contributed by atoms with van der Waals surface area (Å²) in [4.78, 5) is 10.9. The Hall–Kier alpha value is -1.95. The lowest BCUT2D eigenvalue weighted by atomic mass is 10.1. The lowest BCUT2D eigenvalue weighted by Gasteiger charge is -2.05. The number of aromatic carboxylic acids is 1. The molecule has 0 amide bonds. The minimum atomic E-state index is -0.932. The number of nitrogens with zero attached hydrogens (tertiary/aromatic N) is 2. The van der Waals surface area contributed by atoms with E-state index in [-0.39, 0.29) is 5.56 Å². The molecule has 6 heteroatoms. The Morgan fingerprint density at radius 2 is 2.31 bits per heavy atom. The predicted molar refractivity (Wildman–Crippen MR) is 61.3 cm³/mol. The van der Waals surface area contributed by atoms with Crippen molar-refractivity contribution in [3.05, 3.63) is 34.8 Å². The Kier molecular flexibility index (Phi) is 2.82. The van der Waals surface area contributed by atoms with Crippen LogP contribution in [0.25, 0.3) is 0 Å². The maximum Gasteiger partial charge on any atom is 0.336 e. The third-order valence-corrected chi connectivity index (χ3v) is 2.69. The Balaban J connectivity index is 2.29. The zero-order valence-corrected chi connectivity index (χ0v) is 9.28. The summed E-state index contributed by atoms with van der Waals surface area (Å²) in [5.41, 5.74) is 3.32. The zero-order chi connectivity index (χ0) is 11.5. The molecule has 0 fully saturated rings. The minimum Gasteiger partial charge on any atom is -0.478 e. The highest BCUT2D eigenvalue weighted by atomic mass is 32.1. The molecule has 2 aromatic rings. The number of anilines is 2. The lowest BCUT2D eigenvalue weighted by molar-refractivity contribution is 0.0696. The molecule has 5 nitrogen and oxygen atoms in total. The molecule has 0 atom stereocenters. The highest BCUT2D eigenvalue weighted by Crippen LogP contribution is 2.20. The van der Waals surface area contributed by atoms with Gasteiger partial charge in [-0.15, -0.1) is 10.2 Å². The fourth-order valence-corrected chi connectivity index (χ4v) is 1.75. The fraction of sp³-hybridized carbons (Fsp3) is 0.100.